The van der Waals surface area contributed by atoms with Crippen molar-refractivity contribution in [2.75, 3.05) is 11.9 Å². The number of benzene rings is 3. The molecule has 2 amide bonds. The highest BCUT2D eigenvalue weighted by Gasteiger charge is 2.20. The summed E-state index contributed by atoms with van der Waals surface area (Å²) in [6.45, 7) is 2.63. The number of hydrogen-bond donors (Lipinski definition) is 2. The highest BCUT2D eigenvalue weighted by molar-refractivity contribution is 7.99. The van der Waals surface area contributed by atoms with Gasteiger partial charge in [-0.2, -0.15) is 0 Å². The van der Waals surface area contributed by atoms with Crippen LogP contribution in [0.1, 0.15) is 31.8 Å². The molecule has 0 atom stereocenters. The second-order valence-corrected chi connectivity index (χ2v) is 7.78. The Kier molecular flexibility index (Phi) is 5.17. The zero-order valence-electron chi connectivity index (χ0n) is 15.5. The molecule has 3 aromatic carbocycles. The van der Waals surface area contributed by atoms with Crippen molar-refractivity contribution in [3.63, 3.8) is 0 Å². The van der Waals surface area contributed by atoms with Crippen molar-refractivity contribution in [1.29, 1.82) is 0 Å². The molecule has 0 spiro atoms. The van der Waals surface area contributed by atoms with Crippen molar-refractivity contribution in [3.05, 3.63) is 89.0 Å². The summed E-state index contributed by atoms with van der Waals surface area (Å²) >= 11 is 1.53. The van der Waals surface area contributed by atoms with Gasteiger partial charge in [-0.05, 0) is 54.8 Å². The van der Waals surface area contributed by atoms with Crippen LogP contribution in [0, 0.1) is 6.92 Å². The van der Waals surface area contributed by atoms with E-state index in [9.17, 15) is 9.59 Å². The number of nitrogens with one attached hydrogen (secondary N) is 2. The molecule has 0 saturated carbocycles. The maximum atomic E-state index is 12.6. The van der Waals surface area contributed by atoms with Crippen molar-refractivity contribution < 1.29 is 9.59 Å². The molecule has 1 aliphatic rings. The molecular formula is C23H20N2O2S. The molecule has 0 fully saturated rings. The van der Waals surface area contributed by atoms with Gasteiger partial charge < -0.3 is 10.6 Å². The van der Waals surface area contributed by atoms with E-state index in [4.69, 9.17) is 0 Å². The van der Waals surface area contributed by atoms with Gasteiger partial charge in [0, 0.05) is 21.9 Å². The fraction of sp³-hybridized carbons (Fsp3) is 0.130. The van der Waals surface area contributed by atoms with Crippen molar-refractivity contribution in [2.45, 2.75) is 23.1 Å². The normalized spacial score (nSPS) is 12.4. The first-order valence-corrected chi connectivity index (χ1v) is 9.98. The molecule has 0 bridgehead atoms. The number of anilines is 1. The molecule has 1 aliphatic heterocycles. The van der Waals surface area contributed by atoms with E-state index in [0.717, 1.165) is 16.2 Å². The summed E-state index contributed by atoms with van der Waals surface area (Å²) in [7, 11) is 0. The fourth-order valence-electron chi connectivity index (χ4n) is 3.21. The lowest BCUT2D eigenvalue weighted by Crippen LogP contribution is -2.26. The minimum absolute atomic E-state index is 0.141. The van der Waals surface area contributed by atoms with Gasteiger partial charge in [-0.3, -0.25) is 9.59 Å². The Bertz CT molecular complexity index is 1060. The topological polar surface area (TPSA) is 58.2 Å². The third-order valence-electron chi connectivity index (χ3n) is 4.78. The van der Waals surface area contributed by atoms with Crippen molar-refractivity contribution in [3.8, 4) is 0 Å². The molecule has 0 saturated heterocycles. The molecule has 5 heteroatoms. The number of aryl methyl sites for hydroxylation is 1. The van der Waals surface area contributed by atoms with Gasteiger partial charge in [0.2, 0.25) is 0 Å². The average molecular weight is 388 g/mol. The first-order valence-electron chi connectivity index (χ1n) is 9.17. The Balaban J connectivity index is 1.47. The van der Waals surface area contributed by atoms with E-state index >= 15 is 0 Å². The number of amides is 2. The molecular weight excluding hydrogens is 368 g/mol. The number of fused-ring (bicyclic) bond motifs is 2. The lowest BCUT2D eigenvalue weighted by atomic mass is 10.1. The highest BCUT2D eigenvalue weighted by Crippen LogP contribution is 2.38. The Morgan fingerprint density at radius 1 is 1.00 bits per heavy atom. The van der Waals surface area contributed by atoms with E-state index in [2.05, 4.69) is 29.7 Å². The van der Waals surface area contributed by atoms with Crippen LogP contribution in [0.15, 0.2) is 76.5 Å². The maximum Gasteiger partial charge on any atom is 0.256 e. The molecule has 4 rings (SSSR count). The molecule has 0 aliphatic carbocycles. The zero-order valence-corrected chi connectivity index (χ0v) is 16.3. The maximum absolute atomic E-state index is 12.6. The van der Waals surface area contributed by atoms with Gasteiger partial charge in [-0.1, -0.05) is 48.2 Å². The van der Waals surface area contributed by atoms with Crippen LogP contribution in [-0.2, 0) is 6.42 Å². The minimum Gasteiger partial charge on any atom is -0.352 e. The van der Waals surface area contributed by atoms with Crippen LogP contribution in [0.3, 0.4) is 0 Å². The van der Waals surface area contributed by atoms with E-state index in [-0.39, 0.29) is 11.8 Å². The standard InChI is InChI=1S/C23H20N2O2S/c1-15-6-2-3-7-16(15)12-13-24-22(26)17-10-11-21-19(14-17)25-23(27)18-8-4-5-9-20(18)28-21/h2-11,14H,12-13H2,1H3,(H,24,26)(H,25,27). The molecule has 0 radical (unpaired) electrons. The van der Waals surface area contributed by atoms with Gasteiger partial charge in [0.25, 0.3) is 11.8 Å². The second-order valence-electron chi connectivity index (χ2n) is 6.70. The van der Waals surface area contributed by atoms with Gasteiger partial charge >= 0.3 is 0 Å². The molecule has 4 nitrogen and oxygen atoms in total. The average Bonchev–Trinajstić information content (AvgIpc) is 2.84. The first kappa shape index (κ1) is 18.3. The summed E-state index contributed by atoms with van der Waals surface area (Å²) in [5, 5.41) is 5.89. The van der Waals surface area contributed by atoms with Crippen LogP contribution in [0.2, 0.25) is 0 Å². The lowest BCUT2D eigenvalue weighted by Gasteiger charge is -2.10. The Labute approximate surface area is 168 Å². The Hall–Kier alpha value is -3.05. The van der Waals surface area contributed by atoms with Crippen LogP contribution in [0.5, 0.6) is 0 Å². The van der Waals surface area contributed by atoms with E-state index in [1.807, 2.05) is 42.5 Å². The number of carbonyl (C=O) groups excluding carboxylic acids is 2. The van der Waals surface area contributed by atoms with Gasteiger partial charge in [0.15, 0.2) is 0 Å². The van der Waals surface area contributed by atoms with Gasteiger partial charge in [-0.25, -0.2) is 0 Å². The van der Waals surface area contributed by atoms with Crippen molar-refractivity contribution >= 4 is 29.3 Å². The number of hydrogen-bond acceptors (Lipinski definition) is 3. The van der Waals surface area contributed by atoms with Crippen LogP contribution >= 0.6 is 11.8 Å². The number of carbonyl (C=O) groups is 2. The predicted molar refractivity (Wildman–Crippen MR) is 112 cm³/mol. The van der Waals surface area contributed by atoms with Crippen LogP contribution in [-0.4, -0.2) is 18.4 Å². The third-order valence-corrected chi connectivity index (χ3v) is 5.93. The van der Waals surface area contributed by atoms with Gasteiger partial charge in [0.1, 0.15) is 0 Å². The largest absolute Gasteiger partial charge is 0.352 e. The zero-order chi connectivity index (χ0) is 19.5. The summed E-state index contributed by atoms with van der Waals surface area (Å²) in [6.07, 6.45) is 0.783. The highest BCUT2D eigenvalue weighted by atomic mass is 32.2. The van der Waals surface area contributed by atoms with Crippen LogP contribution in [0.4, 0.5) is 5.69 Å². The molecule has 3 aromatic rings. The Morgan fingerprint density at radius 2 is 1.79 bits per heavy atom. The summed E-state index contributed by atoms with van der Waals surface area (Å²) in [5.74, 6) is -0.295. The summed E-state index contributed by atoms with van der Waals surface area (Å²) in [4.78, 5) is 26.9. The van der Waals surface area contributed by atoms with Crippen molar-refractivity contribution in [2.24, 2.45) is 0 Å². The van der Waals surface area contributed by atoms with E-state index in [1.165, 1.54) is 22.9 Å². The number of rotatable bonds is 4. The quantitative estimate of drug-likeness (QED) is 0.682. The van der Waals surface area contributed by atoms with E-state index in [1.54, 1.807) is 12.1 Å². The third kappa shape index (κ3) is 3.80. The summed E-state index contributed by atoms with van der Waals surface area (Å²) in [6, 6.07) is 21.1. The smallest absolute Gasteiger partial charge is 0.256 e. The Morgan fingerprint density at radius 3 is 2.64 bits per heavy atom. The molecule has 140 valence electrons. The lowest BCUT2D eigenvalue weighted by molar-refractivity contribution is 0.0952. The van der Waals surface area contributed by atoms with E-state index in [0.29, 0.717) is 23.4 Å². The van der Waals surface area contributed by atoms with Gasteiger partial charge in [-0.15, -0.1) is 0 Å². The molecule has 0 aromatic heterocycles. The van der Waals surface area contributed by atoms with Crippen molar-refractivity contribution in [1.82, 2.24) is 5.32 Å². The van der Waals surface area contributed by atoms with E-state index < -0.39 is 0 Å². The molecule has 0 unspecified atom stereocenters. The SMILES string of the molecule is Cc1ccccc1CCNC(=O)c1ccc2c(c1)NC(=O)c1ccccc1S2. The monoisotopic (exact) mass is 388 g/mol. The molecule has 28 heavy (non-hydrogen) atoms. The van der Waals surface area contributed by atoms with Crippen LogP contribution in [0.25, 0.3) is 0 Å². The molecule has 1 heterocycles. The summed E-state index contributed by atoms with van der Waals surface area (Å²) < 4.78 is 0. The predicted octanol–water partition coefficient (Wildman–Crippen LogP) is 4.68. The van der Waals surface area contributed by atoms with Crippen LogP contribution < -0.4 is 10.6 Å². The fourth-order valence-corrected chi connectivity index (χ4v) is 4.22. The molecule has 2 N–H and O–H groups in total. The van der Waals surface area contributed by atoms with Gasteiger partial charge in [0.05, 0.1) is 11.3 Å². The first-order chi connectivity index (χ1) is 13.6. The summed E-state index contributed by atoms with van der Waals surface area (Å²) in [5.41, 5.74) is 4.30. The minimum atomic E-state index is -0.154. The second kappa shape index (κ2) is 7.90.